The van der Waals surface area contributed by atoms with Crippen molar-refractivity contribution in [2.75, 3.05) is 6.54 Å². The second-order valence-corrected chi connectivity index (χ2v) is 7.91. The van der Waals surface area contributed by atoms with Crippen LogP contribution in [0.25, 0.3) is 16.2 Å². The molecule has 5 rings (SSSR count). The Hall–Kier alpha value is -2.93. The Balaban J connectivity index is 1.50. The second-order valence-electron chi connectivity index (χ2n) is 7.07. The molecule has 3 aromatic heterocycles. The fourth-order valence-corrected chi connectivity index (χ4v) is 4.48. The number of carbonyl (C=O) groups is 1. The van der Waals surface area contributed by atoms with E-state index < -0.39 is 0 Å². The Labute approximate surface area is 160 Å². The van der Waals surface area contributed by atoms with Gasteiger partial charge in [0.1, 0.15) is 5.69 Å². The minimum atomic E-state index is 0.0398. The van der Waals surface area contributed by atoms with Crippen molar-refractivity contribution >= 4 is 22.2 Å². The molecule has 6 nitrogen and oxygen atoms in total. The third-order valence-corrected chi connectivity index (χ3v) is 6.02. The average molecular weight is 377 g/mol. The topological polar surface area (TPSA) is 66.3 Å². The Bertz CT molecular complexity index is 1170. The van der Waals surface area contributed by atoms with Crippen molar-refractivity contribution in [3.63, 3.8) is 0 Å². The summed E-state index contributed by atoms with van der Waals surface area (Å²) in [5.41, 5.74) is 7.32. The van der Waals surface area contributed by atoms with Crippen molar-refractivity contribution in [2.45, 2.75) is 26.8 Å². The lowest BCUT2D eigenvalue weighted by atomic mass is 10.0. The average Bonchev–Trinajstić information content (AvgIpc) is 3.37. The van der Waals surface area contributed by atoms with Gasteiger partial charge in [0.15, 0.2) is 4.96 Å². The van der Waals surface area contributed by atoms with Gasteiger partial charge in [0, 0.05) is 47.9 Å². The smallest absolute Gasteiger partial charge is 0.272 e. The van der Waals surface area contributed by atoms with Crippen LogP contribution in [0, 0.1) is 13.8 Å². The van der Waals surface area contributed by atoms with Gasteiger partial charge in [-0.25, -0.2) is 4.98 Å². The monoisotopic (exact) mass is 377 g/mol. The molecular formula is C20H19N5OS. The summed E-state index contributed by atoms with van der Waals surface area (Å²) >= 11 is 1.50. The van der Waals surface area contributed by atoms with Crippen molar-refractivity contribution in [3.05, 3.63) is 64.1 Å². The van der Waals surface area contributed by atoms with E-state index in [4.69, 9.17) is 4.98 Å². The third kappa shape index (κ3) is 2.66. The van der Waals surface area contributed by atoms with E-state index in [-0.39, 0.29) is 5.91 Å². The minimum absolute atomic E-state index is 0.0398. The molecule has 1 amide bonds. The number of carbonyl (C=O) groups excluding carboxylic acids is 1. The maximum Gasteiger partial charge on any atom is 0.272 e. The van der Waals surface area contributed by atoms with E-state index in [1.165, 1.54) is 22.5 Å². The van der Waals surface area contributed by atoms with Gasteiger partial charge in [-0.05, 0) is 25.5 Å². The molecule has 0 saturated carbocycles. The molecule has 1 aromatic carbocycles. The van der Waals surface area contributed by atoms with Gasteiger partial charge in [0.25, 0.3) is 5.91 Å². The number of nitrogens with zero attached hydrogens (tertiary/aromatic N) is 4. The largest absolute Gasteiger partial charge is 0.332 e. The van der Waals surface area contributed by atoms with Gasteiger partial charge in [-0.15, -0.1) is 11.3 Å². The molecule has 0 atom stereocenters. The van der Waals surface area contributed by atoms with E-state index in [2.05, 4.69) is 42.2 Å². The van der Waals surface area contributed by atoms with E-state index in [1.807, 2.05) is 27.1 Å². The Morgan fingerprint density at radius 2 is 2.19 bits per heavy atom. The molecule has 1 aliphatic heterocycles. The number of fused-ring (bicyclic) bond motifs is 2. The van der Waals surface area contributed by atoms with E-state index in [0.29, 0.717) is 18.8 Å². The second kappa shape index (κ2) is 6.06. The lowest BCUT2D eigenvalue weighted by molar-refractivity contribution is 0.0727. The number of hydrogen-bond acceptors (Lipinski definition) is 4. The molecule has 27 heavy (non-hydrogen) atoms. The molecule has 0 radical (unpaired) electrons. The van der Waals surface area contributed by atoms with E-state index in [9.17, 15) is 4.79 Å². The first-order valence-electron chi connectivity index (χ1n) is 8.95. The minimum Gasteiger partial charge on any atom is -0.332 e. The van der Waals surface area contributed by atoms with Gasteiger partial charge in [0.2, 0.25) is 0 Å². The van der Waals surface area contributed by atoms with E-state index in [1.54, 1.807) is 0 Å². The van der Waals surface area contributed by atoms with Crippen LogP contribution in [0.4, 0.5) is 0 Å². The number of imidazole rings is 1. The molecule has 0 aliphatic carbocycles. The lowest BCUT2D eigenvalue weighted by Gasteiger charge is -2.26. The molecule has 0 bridgehead atoms. The van der Waals surface area contributed by atoms with Crippen LogP contribution >= 0.6 is 11.3 Å². The number of aromatic amines is 1. The zero-order valence-electron chi connectivity index (χ0n) is 15.2. The summed E-state index contributed by atoms with van der Waals surface area (Å²) in [6.45, 7) is 5.46. The summed E-state index contributed by atoms with van der Waals surface area (Å²) in [7, 11) is 0. The van der Waals surface area contributed by atoms with Crippen LogP contribution in [0.3, 0.4) is 0 Å². The zero-order chi connectivity index (χ0) is 18.5. The van der Waals surface area contributed by atoms with Gasteiger partial charge < -0.3 is 4.90 Å². The molecule has 0 unspecified atom stereocenters. The van der Waals surface area contributed by atoms with E-state index >= 15 is 0 Å². The number of amides is 1. The van der Waals surface area contributed by atoms with Crippen molar-refractivity contribution in [1.29, 1.82) is 0 Å². The molecule has 1 aliphatic rings. The van der Waals surface area contributed by atoms with Gasteiger partial charge in [-0.2, -0.15) is 5.10 Å². The molecule has 4 aromatic rings. The van der Waals surface area contributed by atoms with Crippen LogP contribution in [0.1, 0.15) is 32.9 Å². The maximum atomic E-state index is 13.1. The van der Waals surface area contributed by atoms with Crippen LogP contribution in [0.5, 0.6) is 0 Å². The van der Waals surface area contributed by atoms with Crippen molar-refractivity contribution in [1.82, 2.24) is 24.5 Å². The highest BCUT2D eigenvalue weighted by Crippen LogP contribution is 2.28. The van der Waals surface area contributed by atoms with Crippen molar-refractivity contribution < 1.29 is 4.79 Å². The van der Waals surface area contributed by atoms with Gasteiger partial charge in [0.05, 0.1) is 11.9 Å². The number of thiazole rings is 1. The number of hydrogen-bond donors (Lipinski definition) is 1. The zero-order valence-corrected chi connectivity index (χ0v) is 16.0. The normalized spacial score (nSPS) is 13.9. The standard InChI is InChI=1S/C20H19N5OS/c1-12-3-4-13(2)15(7-12)17-10-25-18(11-27-20(25)22-17)19(26)24-6-5-16-14(9-24)8-21-23-16/h3-4,7-8,10-11H,5-6,9H2,1-2H3,(H,21,23). The van der Waals surface area contributed by atoms with Crippen molar-refractivity contribution in [2.24, 2.45) is 0 Å². The first kappa shape index (κ1) is 16.3. The highest BCUT2D eigenvalue weighted by Gasteiger charge is 2.25. The van der Waals surface area contributed by atoms with E-state index in [0.717, 1.165) is 33.9 Å². The Morgan fingerprint density at radius 3 is 3.07 bits per heavy atom. The molecule has 136 valence electrons. The quantitative estimate of drug-likeness (QED) is 0.580. The first-order chi connectivity index (χ1) is 13.1. The number of H-pyrrole nitrogens is 1. The van der Waals surface area contributed by atoms with Crippen LogP contribution < -0.4 is 0 Å². The fourth-order valence-electron chi connectivity index (χ4n) is 3.64. The molecule has 1 N–H and O–H groups in total. The molecular weight excluding hydrogens is 358 g/mol. The number of aromatic nitrogens is 4. The van der Waals surface area contributed by atoms with Crippen LogP contribution in [-0.2, 0) is 13.0 Å². The predicted octanol–water partition coefficient (Wildman–Crippen LogP) is 3.60. The fraction of sp³-hybridized carbons (Fsp3) is 0.250. The Kier molecular flexibility index (Phi) is 3.65. The molecule has 0 saturated heterocycles. The molecule has 0 spiro atoms. The number of rotatable bonds is 2. The summed E-state index contributed by atoms with van der Waals surface area (Å²) < 4.78 is 1.93. The van der Waals surface area contributed by atoms with Crippen LogP contribution in [-0.4, -0.2) is 36.9 Å². The van der Waals surface area contributed by atoms with Gasteiger partial charge >= 0.3 is 0 Å². The number of benzene rings is 1. The highest BCUT2D eigenvalue weighted by atomic mass is 32.1. The maximum absolute atomic E-state index is 13.1. The van der Waals surface area contributed by atoms with Crippen molar-refractivity contribution in [3.8, 4) is 11.3 Å². The Morgan fingerprint density at radius 1 is 1.30 bits per heavy atom. The SMILES string of the molecule is Cc1ccc(C)c(-c2cn3c(C(=O)N4CCc5[nH]ncc5C4)csc3n2)c1. The first-order valence-corrected chi connectivity index (χ1v) is 9.83. The summed E-state index contributed by atoms with van der Waals surface area (Å²) in [4.78, 5) is 20.6. The van der Waals surface area contributed by atoms with Gasteiger partial charge in [-0.3, -0.25) is 14.3 Å². The third-order valence-electron chi connectivity index (χ3n) is 5.18. The summed E-state index contributed by atoms with van der Waals surface area (Å²) in [5.74, 6) is 0.0398. The molecule has 7 heteroatoms. The predicted molar refractivity (Wildman–Crippen MR) is 105 cm³/mol. The van der Waals surface area contributed by atoms with Crippen LogP contribution in [0.15, 0.2) is 36.0 Å². The summed E-state index contributed by atoms with van der Waals surface area (Å²) in [6.07, 6.45) is 4.61. The number of nitrogens with one attached hydrogen (secondary N) is 1. The summed E-state index contributed by atoms with van der Waals surface area (Å²) in [6, 6.07) is 6.36. The van der Waals surface area contributed by atoms with Crippen LogP contribution in [0.2, 0.25) is 0 Å². The van der Waals surface area contributed by atoms with Gasteiger partial charge in [-0.1, -0.05) is 17.7 Å². The molecule has 4 heterocycles. The molecule has 0 fully saturated rings. The highest BCUT2D eigenvalue weighted by molar-refractivity contribution is 7.15. The number of aryl methyl sites for hydroxylation is 2. The lowest BCUT2D eigenvalue weighted by Crippen LogP contribution is -2.36. The summed E-state index contributed by atoms with van der Waals surface area (Å²) in [5, 5.41) is 9.00.